The zero-order valence-corrected chi connectivity index (χ0v) is 20.8. The highest BCUT2D eigenvalue weighted by Crippen LogP contribution is 2.42. The molecule has 3 aliphatic rings. The lowest BCUT2D eigenvalue weighted by Gasteiger charge is -2.47. The van der Waals surface area contributed by atoms with Crippen molar-refractivity contribution in [1.82, 2.24) is 42.5 Å². The largest absolute Gasteiger partial charge is 0.315 e. The Hall–Kier alpha value is -0.650. The van der Waals surface area contributed by atoms with Crippen molar-refractivity contribution in [2.45, 2.75) is 32.1 Å². The first-order valence-electron chi connectivity index (χ1n) is 13.5. The van der Waals surface area contributed by atoms with Gasteiger partial charge in [-0.1, -0.05) is 6.42 Å². The minimum atomic E-state index is -0.340. The Bertz CT molecular complexity index is 475. The quantitative estimate of drug-likeness (QED) is 0.210. The average molecular weight is 467 g/mol. The van der Waals surface area contributed by atoms with Crippen LogP contribution >= 0.6 is 0 Å². The van der Waals surface area contributed by atoms with Crippen molar-refractivity contribution in [3.05, 3.63) is 0 Å². The minimum Gasteiger partial charge on any atom is -0.315 e. The maximum atomic E-state index is 14.3. The van der Waals surface area contributed by atoms with E-state index in [1.54, 1.807) is 0 Å². The molecule has 0 atom stereocenters. The summed E-state index contributed by atoms with van der Waals surface area (Å²) < 4.78 is 0. The Morgan fingerprint density at radius 1 is 0.394 bits per heavy atom. The molecule has 3 rings (SSSR count). The SMILES string of the molecule is O=C1C2(CCCC13CNCCNCCCNCCNC3)CNCCNCCCNCCNC2. The first-order chi connectivity index (χ1) is 16.3. The van der Waals surface area contributed by atoms with Crippen molar-refractivity contribution >= 4 is 5.78 Å². The van der Waals surface area contributed by atoms with E-state index in [1.807, 2.05) is 0 Å². The normalized spacial score (nSPS) is 28.1. The highest BCUT2D eigenvalue weighted by atomic mass is 16.1. The second kappa shape index (κ2) is 15.4. The molecule has 33 heavy (non-hydrogen) atoms. The van der Waals surface area contributed by atoms with Crippen LogP contribution in [0, 0.1) is 10.8 Å². The van der Waals surface area contributed by atoms with Crippen LogP contribution in [0.2, 0.25) is 0 Å². The third kappa shape index (κ3) is 8.81. The third-order valence-corrected chi connectivity index (χ3v) is 7.46. The molecule has 0 aromatic rings. The summed E-state index contributed by atoms with van der Waals surface area (Å²) in [4.78, 5) is 14.3. The molecule has 9 heteroatoms. The second-order valence-corrected chi connectivity index (χ2v) is 10.2. The molecule has 2 heterocycles. The second-order valence-electron chi connectivity index (χ2n) is 10.2. The van der Waals surface area contributed by atoms with Crippen molar-refractivity contribution < 1.29 is 4.79 Å². The molecule has 9 nitrogen and oxygen atoms in total. The van der Waals surface area contributed by atoms with Gasteiger partial charge in [0.15, 0.2) is 0 Å². The van der Waals surface area contributed by atoms with Gasteiger partial charge >= 0.3 is 0 Å². The Kier molecular flexibility index (Phi) is 12.5. The summed E-state index contributed by atoms with van der Waals surface area (Å²) in [7, 11) is 0. The summed E-state index contributed by atoms with van der Waals surface area (Å²) in [6.07, 6.45) is 5.34. The highest BCUT2D eigenvalue weighted by molar-refractivity contribution is 5.92. The fraction of sp³-hybridized carbons (Fsp3) is 0.958. The van der Waals surface area contributed by atoms with E-state index in [4.69, 9.17) is 0 Å². The molecule has 0 aromatic carbocycles. The molecular formula is C24H50N8O. The van der Waals surface area contributed by atoms with Crippen molar-refractivity contribution in [2.24, 2.45) is 10.8 Å². The standard InChI is InChI=1S/C24H50N8O/c33-22-23(18-29-14-10-25-6-2-7-26-11-15-30-19-23)4-1-5-24(22)20-31-16-12-27-8-3-9-28-13-17-32-21-24/h25-32H,1-21H2. The van der Waals surface area contributed by atoms with Crippen LogP contribution < -0.4 is 42.5 Å². The fourth-order valence-electron chi connectivity index (χ4n) is 5.55. The zero-order chi connectivity index (χ0) is 23.1. The monoisotopic (exact) mass is 466 g/mol. The van der Waals surface area contributed by atoms with E-state index in [9.17, 15) is 4.79 Å². The molecule has 1 aliphatic carbocycles. The summed E-state index contributed by atoms with van der Waals surface area (Å²) in [6, 6.07) is 0. The van der Waals surface area contributed by atoms with Crippen LogP contribution in [0.4, 0.5) is 0 Å². The summed E-state index contributed by atoms with van der Waals surface area (Å²) in [5.74, 6) is 0.447. The Morgan fingerprint density at radius 3 is 1.03 bits per heavy atom. The van der Waals surface area contributed by atoms with E-state index < -0.39 is 0 Å². The number of rotatable bonds is 0. The van der Waals surface area contributed by atoms with Gasteiger partial charge in [0.05, 0.1) is 10.8 Å². The molecule has 8 N–H and O–H groups in total. The number of carbonyl (C=O) groups excluding carboxylic acids is 1. The maximum Gasteiger partial charge on any atom is 0.150 e. The average Bonchev–Trinajstić information content (AvgIpc) is 2.82. The summed E-state index contributed by atoms with van der Waals surface area (Å²) in [5.41, 5.74) is -0.679. The molecule has 192 valence electrons. The molecular weight excluding hydrogens is 416 g/mol. The molecule has 0 radical (unpaired) electrons. The van der Waals surface area contributed by atoms with E-state index in [2.05, 4.69) is 42.5 Å². The number of Topliss-reactive ketones (excluding diaryl/α,β-unsaturated/α-hetero) is 1. The van der Waals surface area contributed by atoms with E-state index in [-0.39, 0.29) is 10.8 Å². The topological polar surface area (TPSA) is 113 Å². The van der Waals surface area contributed by atoms with E-state index >= 15 is 0 Å². The third-order valence-electron chi connectivity index (χ3n) is 7.46. The number of hydrogen-bond donors (Lipinski definition) is 8. The molecule has 2 aliphatic heterocycles. The van der Waals surface area contributed by atoms with Crippen LogP contribution in [0.3, 0.4) is 0 Å². The lowest BCUT2D eigenvalue weighted by Crippen LogP contribution is -2.62. The van der Waals surface area contributed by atoms with Crippen molar-refractivity contribution in [3.63, 3.8) is 0 Å². The fourth-order valence-corrected chi connectivity index (χ4v) is 5.55. The van der Waals surface area contributed by atoms with E-state index in [0.717, 1.165) is 137 Å². The number of ketones is 1. The van der Waals surface area contributed by atoms with Crippen molar-refractivity contribution in [3.8, 4) is 0 Å². The van der Waals surface area contributed by atoms with Gasteiger partial charge in [-0.25, -0.2) is 0 Å². The molecule has 0 amide bonds. The van der Waals surface area contributed by atoms with Crippen LogP contribution in [-0.2, 0) is 4.79 Å². The van der Waals surface area contributed by atoms with Gasteiger partial charge in [-0.15, -0.1) is 0 Å². The maximum absolute atomic E-state index is 14.3. The molecule has 0 aromatic heterocycles. The van der Waals surface area contributed by atoms with Gasteiger partial charge in [0, 0.05) is 78.5 Å². The van der Waals surface area contributed by atoms with E-state index in [0.29, 0.717) is 5.78 Å². The van der Waals surface area contributed by atoms with Crippen LogP contribution in [-0.4, -0.2) is 110 Å². The van der Waals surface area contributed by atoms with Gasteiger partial charge in [-0.2, -0.15) is 0 Å². The Morgan fingerprint density at radius 2 is 0.697 bits per heavy atom. The van der Waals surface area contributed by atoms with Gasteiger partial charge < -0.3 is 42.5 Å². The van der Waals surface area contributed by atoms with Gasteiger partial charge in [-0.3, -0.25) is 4.79 Å². The summed E-state index contributed by atoms with van der Waals surface area (Å²) in [5, 5.41) is 28.6. The van der Waals surface area contributed by atoms with E-state index in [1.165, 1.54) is 0 Å². The summed E-state index contributed by atoms with van der Waals surface area (Å²) >= 11 is 0. The van der Waals surface area contributed by atoms with Gasteiger partial charge in [-0.05, 0) is 51.9 Å². The number of nitrogens with one attached hydrogen (secondary N) is 8. The van der Waals surface area contributed by atoms with Crippen LogP contribution in [0.5, 0.6) is 0 Å². The predicted molar refractivity (Wildman–Crippen MR) is 136 cm³/mol. The lowest BCUT2D eigenvalue weighted by molar-refractivity contribution is -0.143. The van der Waals surface area contributed by atoms with Gasteiger partial charge in [0.2, 0.25) is 0 Å². The predicted octanol–water partition coefficient (Wildman–Crippen LogP) is -1.76. The highest BCUT2D eigenvalue weighted by Gasteiger charge is 2.52. The molecule has 0 bridgehead atoms. The zero-order valence-electron chi connectivity index (χ0n) is 20.8. The molecule has 3 fully saturated rings. The first-order valence-corrected chi connectivity index (χ1v) is 13.5. The molecule has 2 saturated heterocycles. The van der Waals surface area contributed by atoms with Gasteiger partial charge in [0.25, 0.3) is 0 Å². The smallest absolute Gasteiger partial charge is 0.150 e. The molecule has 1 saturated carbocycles. The van der Waals surface area contributed by atoms with Crippen molar-refractivity contribution in [1.29, 1.82) is 0 Å². The first kappa shape index (κ1) is 26.9. The number of hydrogen-bond acceptors (Lipinski definition) is 9. The Labute approximate surface area is 201 Å². The lowest BCUT2D eigenvalue weighted by atomic mass is 9.60. The minimum absolute atomic E-state index is 0.340. The van der Waals surface area contributed by atoms with Gasteiger partial charge in [0.1, 0.15) is 5.78 Å². The van der Waals surface area contributed by atoms with Crippen LogP contribution in [0.25, 0.3) is 0 Å². The molecule has 2 spiro atoms. The van der Waals surface area contributed by atoms with Crippen LogP contribution in [0.1, 0.15) is 32.1 Å². The number of carbonyl (C=O) groups is 1. The Balaban J connectivity index is 1.69. The summed E-state index contributed by atoms with van der Waals surface area (Å²) in [6.45, 7) is 14.6. The van der Waals surface area contributed by atoms with Crippen LogP contribution in [0.15, 0.2) is 0 Å². The molecule has 0 unspecified atom stereocenters. The van der Waals surface area contributed by atoms with Crippen molar-refractivity contribution in [2.75, 3.05) is 105 Å².